The first kappa shape index (κ1) is 13.1. The molecule has 0 saturated carbocycles. The van der Waals surface area contributed by atoms with Gasteiger partial charge < -0.3 is 5.11 Å². The Hall–Kier alpha value is -1.90. The van der Waals surface area contributed by atoms with Crippen LogP contribution >= 0.6 is 0 Å². The van der Waals surface area contributed by atoms with Crippen molar-refractivity contribution in [3.05, 3.63) is 48.3 Å². The Kier molecular flexibility index (Phi) is 6.55. The van der Waals surface area contributed by atoms with Crippen LogP contribution in [0.25, 0.3) is 6.08 Å². The third-order valence-corrected chi connectivity index (χ3v) is 1.67. The van der Waals surface area contributed by atoms with Crippen molar-refractivity contribution in [2.75, 3.05) is 0 Å². The molecule has 0 aliphatic heterocycles. The van der Waals surface area contributed by atoms with Gasteiger partial charge in [-0.25, -0.2) is 4.79 Å². The highest BCUT2D eigenvalue weighted by Crippen LogP contribution is 1.91. The maximum atomic E-state index is 9.86. The molecule has 1 aromatic heterocycles. The monoisotopic (exact) mass is 205 g/mol. The molecule has 1 N–H and O–H groups in total. The molecule has 0 radical (unpaired) electrons. The fourth-order valence-corrected chi connectivity index (χ4v) is 0.620. The zero-order chi connectivity index (χ0) is 11.7. The molecule has 0 saturated heterocycles. The summed E-state index contributed by atoms with van der Waals surface area (Å²) < 4.78 is 0. The summed E-state index contributed by atoms with van der Waals surface area (Å²) in [5, 5.41) is 8.11. The third kappa shape index (κ3) is 6.21. The van der Waals surface area contributed by atoms with Crippen LogP contribution in [0, 0.1) is 0 Å². The number of rotatable bonds is 2. The molecule has 0 bridgehead atoms. The van der Waals surface area contributed by atoms with Crippen LogP contribution in [0.1, 0.15) is 19.5 Å². The predicted octanol–water partition coefficient (Wildman–Crippen LogP) is 2.76. The topological polar surface area (TPSA) is 50.2 Å². The lowest BCUT2D eigenvalue weighted by Gasteiger charge is -1.84. The quantitative estimate of drug-likeness (QED) is 0.755. The van der Waals surface area contributed by atoms with Crippen LogP contribution in [0.3, 0.4) is 0 Å². The molecular formula is C12H15NO2. The first-order chi connectivity index (χ1) is 7.11. The van der Waals surface area contributed by atoms with Crippen LogP contribution in [0.15, 0.2) is 42.6 Å². The maximum Gasteiger partial charge on any atom is 0.330 e. The van der Waals surface area contributed by atoms with Gasteiger partial charge in [0.2, 0.25) is 0 Å². The molecule has 3 heteroatoms. The number of allylic oxidation sites excluding steroid dienone is 1. The summed E-state index contributed by atoms with van der Waals surface area (Å²) in [7, 11) is 0. The van der Waals surface area contributed by atoms with E-state index in [1.807, 2.05) is 18.2 Å². The van der Waals surface area contributed by atoms with E-state index in [2.05, 4.69) is 11.6 Å². The number of pyridine rings is 1. The number of carboxylic acids is 1. The highest BCUT2D eigenvalue weighted by molar-refractivity contribution is 5.85. The van der Waals surface area contributed by atoms with Crippen LogP contribution in [0.2, 0.25) is 0 Å². The maximum absolute atomic E-state index is 9.86. The first-order valence-electron chi connectivity index (χ1n) is 4.51. The lowest BCUT2D eigenvalue weighted by molar-refractivity contribution is -0.132. The van der Waals surface area contributed by atoms with E-state index in [9.17, 15) is 4.79 Å². The number of aromatic nitrogens is 1. The largest absolute Gasteiger partial charge is 0.478 e. The zero-order valence-electron chi connectivity index (χ0n) is 8.97. The van der Waals surface area contributed by atoms with Gasteiger partial charge in [0.1, 0.15) is 0 Å². The average Bonchev–Trinajstić information content (AvgIpc) is 2.29. The highest BCUT2D eigenvalue weighted by Gasteiger charge is 1.93. The molecule has 0 amide bonds. The molecule has 3 nitrogen and oxygen atoms in total. The SMILES string of the molecule is C=Cc1ccccn1.CC=C(C)C(=O)O. The summed E-state index contributed by atoms with van der Waals surface area (Å²) in [6.45, 7) is 6.82. The van der Waals surface area contributed by atoms with Crippen molar-refractivity contribution in [1.29, 1.82) is 0 Å². The lowest BCUT2D eigenvalue weighted by Crippen LogP contribution is -1.93. The number of hydrogen-bond donors (Lipinski definition) is 1. The van der Waals surface area contributed by atoms with E-state index in [-0.39, 0.29) is 0 Å². The molecule has 0 aliphatic carbocycles. The molecule has 80 valence electrons. The summed E-state index contributed by atoms with van der Waals surface area (Å²) in [4.78, 5) is 13.8. The fraction of sp³-hybridized carbons (Fsp3) is 0.167. The number of carboxylic acid groups (broad SMARTS) is 1. The molecule has 0 aromatic carbocycles. The average molecular weight is 205 g/mol. The van der Waals surface area contributed by atoms with Crippen molar-refractivity contribution in [2.24, 2.45) is 0 Å². The van der Waals surface area contributed by atoms with Crippen molar-refractivity contribution in [3.63, 3.8) is 0 Å². The molecule has 1 rings (SSSR count). The molecule has 0 spiro atoms. The Morgan fingerprint density at radius 2 is 2.20 bits per heavy atom. The Morgan fingerprint density at radius 3 is 2.40 bits per heavy atom. The number of hydrogen-bond acceptors (Lipinski definition) is 2. The van der Waals surface area contributed by atoms with Gasteiger partial charge in [-0.05, 0) is 32.1 Å². The van der Waals surface area contributed by atoms with Gasteiger partial charge in [0.05, 0.1) is 5.69 Å². The van der Waals surface area contributed by atoms with Gasteiger partial charge in [-0.1, -0.05) is 18.7 Å². The van der Waals surface area contributed by atoms with Gasteiger partial charge in [-0.15, -0.1) is 0 Å². The first-order valence-corrected chi connectivity index (χ1v) is 4.51. The second kappa shape index (κ2) is 7.50. The van der Waals surface area contributed by atoms with E-state index in [0.717, 1.165) is 5.69 Å². The summed E-state index contributed by atoms with van der Waals surface area (Å²) >= 11 is 0. The number of nitrogens with zero attached hydrogens (tertiary/aromatic N) is 1. The van der Waals surface area contributed by atoms with Gasteiger partial charge in [-0.3, -0.25) is 4.98 Å². The Balaban J connectivity index is 0.000000265. The molecule has 15 heavy (non-hydrogen) atoms. The summed E-state index contributed by atoms with van der Waals surface area (Å²) in [5.41, 5.74) is 1.31. The number of carbonyl (C=O) groups is 1. The van der Waals surface area contributed by atoms with Gasteiger partial charge in [0, 0.05) is 11.8 Å². The van der Waals surface area contributed by atoms with Gasteiger partial charge in [0.15, 0.2) is 0 Å². The van der Waals surface area contributed by atoms with E-state index in [1.165, 1.54) is 0 Å². The fourth-order valence-electron chi connectivity index (χ4n) is 0.620. The predicted molar refractivity (Wildman–Crippen MR) is 61.4 cm³/mol. The van der Waals surface area contributed by atoms with Crippen LogP contribution < -0.4 is 0 Å². The summed E-state index contributed by atoms with van der Waals surface area (Å²) in [6.07, 6.45) is 5.03. The summed E-state index contributed by atoms with van der Waals surface area (Å²) in [5.74, 6) is -0.845. The van der Waals surface area contributed by atoms with E-state index in [4.69, 9.17) is 5.11 Å². The van der Waals surface area contributed by atoms with E-state index < -0.39 is 5.97 Å². The third-order valence-electron chi connectivity index (χ3n) is 1.67. The molecule has 0 unspecified atom stereocenters. The lowest BCUT2D eigenvalue weighted by atomic mass is 10.3. The van der Waals surface area contributed by atoms with Gasteiger partial charge in [0.25, 0.3) is 0 Å². The smallest absolute Gasteiger partial charge is 0.330 e. The highest BCUT2D eigenvalue weighted by atomic mass is 16.4. The molecule has 1 aromatic rings. The molecular weight excluding hydrogens is 190 g/mol. The second-order valence-electron chi connectivity index (χ2n) is 2.74. The van der Waals surface area contributed by atoms with Crippen LogP contribution in [0.4, 0.5) is 0 Å². The zero-order valence-corrected chi connectivity index (χ0v) is 8.97. The van der Waals surface area contributed by atoms with Crippen LogP contribution in [0.5, 0.6) is 0 Å². The van der Waals surface area contributed by atoms with Gasteiger partial charge >= 0.3 is 5.97 Å². The minimum absolute atomic E-state index is 0.389. The van der Waals surface area contributed by atoms with Crippen LogP contribution in [-0.4, -0.2) is 16.1 Å². The van der Waals surface area contributed by atoms with Crippen molar-refractivity contribution < 1.29 is 9.90 Å². The van der Waals surface area contributed by atoms with Crippen molar-refractivity contribution in [2.45, 2.75) is 13.8 Å². The van der Waals surface area contributed by atoms with Crippen molar-refractivity contribution >= 4 is 12.0 Å². The normalized spacial score (nSPS) is 9.87. The second-order valence-corrected chi connectivity index (χ2v) is 2.74. The van der Waals surface area contributed by atoms with Crippen LogP contribution in [-0.2, 0) is 4.79 Å². The minimum Gasteiger partial charge on any atom is -0.478 e. The Labute approximate surface area is 89.8 Å². The molecule has 0 atom stereocenters. The van der Waals surface area contributed by atoms with E-state index in [0.29, 0.717) is 5.57 Å². The van der Waals surface area contributed by atoms with Crippen molar-refractivity contribution in [3.8, 4) is 0 Å². The van der Waals surface area contributed by atoms with E-state index in [1.54, 1.807) is 32.2 Å². The molecule has 0 fully saturated rings. The Morgan fingerprint density at radius 1 is 1.53 bits per heavy atom. The Bertz CT molecular complexity index is 342. The number of aliphatic carboxylic acids is 1. The van der Waals surface area contributed by atoms with Gasteiger partial charge in [-0.2, -0.15) is 0 Å². The molecule has 0 aliphatic rings. The summed E-state index contributed by atoms with van der Waals surface area (Å²) in [6, 6.07) is 5.73. The standard InChI is InChI=1S/C7H7N.C5H8O2/c1-2-7-5-3-4-6-8-7;1-3-4(2)5(6)7/h2-6H,1H2;3H,1-2H3,(H,6,7). The minimum atomic E-state index is -0.845. The van der Waals surface area contributed by atoms with Crippen molar-refractivity contribution in [1.82, 2.24) is 4.98 Å². The molecule has 1 heterocycles. The van der Waals surface area contributed by atoms with E-state index >= 15 is 0 Å².